The number of nitrogens with one attached hydrogen (secondary N) is 2. The Morgan fingerprint density at radius 1 is 1.36 bits per heavy atom. The molecule has 2 aliphatic heterocycles. The highest BCUT2D eigenvalue weighted by molar-refractivity contribution is 5.90. The molecule has 0 saturated carbocycles. The molecule has 3 heterocycles. The number of ether oxygens (including phenoxy) is 1. The van der Waals surface area contributed by atoms with E-state index in [2.05, 4.69) is 15.6 Å². The summed E-state index contributed by atoms with van der Waals surface area (Å²) in [6.07, 6.45) is 1.77. The van der Waals surface area contributed by atoms with Crippen LogP contribution >= 0.6 is 0 Å². The van der Waals surface area contributed by atoms with Crippen LogP contribution in [0.1, 0.15) is 30.3 Å². The second-order valence-corrected chi connectivity index (χ2v) is 8.28. The Hall–Kier alpha value is -3.70. The molecule has 1 aromatic carbocycles. The third-order valence-electron chi connectivity index (χ3n) is 5.97. The van der Waals surface area contributed by atoms with Crippen LogP contribution in [0.2, 0.25) is 0 Å². The zero-order valence-corrected chi connectivity index (χ0v) is 18.2. The van der Waals surface area contributed by atoms with Gasteiger partial charge < -0.3 is 20.1 Å². The van der Waals surface area contributed by atoms with Gasteiger partial charge in [-0.25, -0.2) is 14.0 Å². The van der Waals surface area contributed by atoms with Crippen molar-refractivity contribution in [1.29, 1.82) is 0 Å². The largest absolute Gasteiger partial charge is 0.475 e. The molecule has 1 atom stereocenters. The molecule has 2 saturated heterocycles. The van der Waals surface area contributed by atoms with Gasteiger partial charge in [-0.15, -0.1) is 4.68 Å². The minimum absolute atomic E-state index is 0.110. The SMILES string of the molecule is CC(=O)NC[C@H]1CN(c2ccc(N3CCC(C[n+]4[nH]ncc4C(=O)O)CC3)c(F)c2)C(=O)O1. The van der Waals surface area contributed by atoms with Crippen molar-refractivity contribution in [2.45, 2.75) is 32.4 Å². The molecular formula is C21H26FN6O5+. The van der Waals surface area contributed by atoms with E-state index in [4.69, 9.17) is 4.74 Å². The minimum Gasteiger partial charge on any atom is -0.475 e. The summed E-state index contributed by atoms with van der Waals surface area (Å²) in [4.78, 5) is 37.8. The molecule has 0 spiro atoms. The first-order valence-corrected chi connectivity index (χ1v) is 10.8. The Labute approximate surface area is 189 Å². The van der Waals surface area contributed by atoms with Gasteiger partial charge in [0.15, 0.2) is 0 Å². The summed E-state index contributed by atoms with van der Waals surface area (Å²) in [6.45, 7) is 3.58. The normalized spacial score (nSPS) is 19.0. The number of amides is 2. The van der Waals surface area contributed by atoms with Crippen molar-refractivity contribution in [2.75, 3.05) is 36.0 Å². The topological polar surface area (TPSA) is 132 Å². The lowest BCUT2D eigenvalue weighted by Gasteiger charge is -2.33. The lowest BCUT2D eigenvalue weighted by atomic mass is 9.96. The number of carbonyl (C=O) groups is 3. The van der Waals surface area contributed by atoms with Crippen molar-refractivity contribution in [2.24, 2.45) is 5.92 Å². The van der Waals surface area contributed by atoms with Crippen LogP contribution in [0.5, 0.6) is 0 Å². The minimum atomic E-state index is -1.04. The summed E-state index contributed by atoms with van der Waals surface area (Å²) in [7, 11) is 0. The van der Waals surface area contributed by atoms with E-state index in [0.717, 1.165) is 12.8 Å². The summed E-state index contributed by atoms with van der Waals surface area (Å²) < 4.78 is 21.7. The smallest absolute Gasteiger partial charge is 0.414 e. The number of halogens is 1. The molecular weight excluding hydrogens is 435 g/mol. The van der Waals surface area contributed by atoms with Crippen LogP contribution in [0.3, 0.4) is 0 Å². The van der Waals surface area contributed by atoms with E-state index < -0.39 is 24.0 Å². The number of cyclic esters (lactones) is 1. The molecule has 1 aromatic heterocycles. The third-order valence-corrected chi connectivity index (χ3v) is 5.97. The molecule has 33 heavy (non-hydrogen) atoms. The molecule has 3 N–H and O–H groups in total. The zero-order valence-electron chi connectivity index (χ0n) is 18.2. The molecule has 12 heteroatoms. The number of aromatic amines is 1. The number of carboxylic acid groups (broad SMARTS) is 1. The molecule has 4 rings (SSSR count). The molecule has 176 valence electrons. The summed E-state index contributed by atoms with van der Waals surface area (Å²) in [5.41, 5.74) is 0.970. The quantitative estimate of drug-likeness (QED) is 0.522. The highest BCUT2D eigenvalue weighted by Crippen LogP contribution is 2.30. The van der Waals surface area contributed by atoms with Crippen molar-refractivity contribution in [3.63, 3.8) is 0 Å². The molecule has 0 aliphatic carbocycles. The number of hydrogen-bond donors (Lipinski definition) is 3. The number of aromatic carboxylic acids is 1. The van der Waals surface area contributed by atoms with Gasteiger partial charge in [-0.3, -0.25) is 9.69 Å². The number of nitrogens with zero attached hydrogens (tertiary/aromatic N) is 4. The van der Waals surface area contributed by atoms with Crippen molar-refractivity contribution in [3.05, 3.63) is 35.9 Å². The number of anilines is 2. The van der Waals surface area contributed by atoms with Crippen LogP contribution in [0.15, 0.2) is 24.4 Å². The lowest BCUT2D eigenvalue weighted by Crippen LogP contribution is -2.47. The Balaban J connectivity index is 1.35. The maximum atomic E-state index is 15.0. The first-order valence-electron chi connectivity index (χ1n) is 10.8. The third kappa shape index (κ3) is 5.04. The van der Waals surface area contributed by atoms with Gasteiger partial charge in [0.05, 0.1) is 24.5 Å². The highest BCUT2D eigenvalue weighted by Gasteiger charge is 2.33. The average molecular weight is 461 g/mol. The highest BCUT2D eigenvalue weighted by atomic mass is 19.1. The number of aromatic nitrogens is 3. The maximum Gasteiger partial charge on any atom is 0.414 e. The Morgan fingerprint density at radius 3 is 2.79 bits per heavy atom. The standard InChI is InChI=1S/C21H25FN6O5/c1-13(29)23-9-16-12-27(21(32)33-16)15-2-3-18(17(22)8-15)26-6-4-14(5-7-26)11-28-19(20(30)31)10-24-25-28/h2-3,8,10,14,16H,4-7,9,11-12H2,1H3,(H2,23,29,30,31)/p+1/t16-/m0/s1. The maximum absolute atomic E-state index is 15.0. The first kappa shape index (κ1) is 22.5. The number of H-pyrrole nitrogens is 1. The predicted octanol–water partition coefficient (Wildman–Crippen LogP) is 0.912. The number of benzene rings is 1. The summed E-state index contributed by atoms with van der Waals surface area (Å²) >= 11 is 0. The van der Waals surface area contributed by atoms with Crippen molar-refractivity contribution in [3.8, 4) is 0 Å². The molecule has 0 unspecified atom stereocenters. The predicted molar refractivity (Wildman–Crippen MR) is 113 cm³/mol. The van der Waals surface area contributed by atoms with Crippen molar-refractivity contribution < 1.29 is 33.3 Å². The summed E-state index contributed by atoms with van der Waals surface area (Å²) in [5.74, 6) is -1.44. The second-order valence-electron chi connectivity index (χ2n) is 8.28. The van der Waals surface area contributed by atoms with E-state index in [9.17, 15) is 23.9 Å². The van der Waals surface area contributed by atoms with E-state index in [-0.39, 0.29) is 30.6 Å². The van der Waals surface area contributed by atoms with Gasteiger partial charge in [0.1, 0.15) is 18.5 Å². The van der Waals surface area contributed by atoms with Crippen LogP contribution in [0.25, 0.3) is 0 Å². The Kier molecular flexibility index (Phi) is 6.43. The van der Waals surface area contributed by atoms with Gasteiger partial charge >= 0.3 is 12.1 Å². The van der Waals surface area contributed by atoms with Crippen LogP contribution < -0.4 is 19.8 Å². The summed E-state index contributed by atoms with van der Waals surface area (Å²) in [5, 5.41) is 18.3. The summed E-state index contributed by atoms with van der Waals surface area (Å²) in [6, 6.07) is 4.67. The molecule has 2 fully saturated rings. The van der Waals surface area contributed by atoms with Crippen LogP contribution in [-0.2, 0) is 16.1 Å². The molecule has 2 aliphatic rings. The Bertz CT molecular complexity index is 1050. The fourth-order valence-electron chi connectivity index (χ4n) is 4.22. The van der Waals surface area contributed by atoms with Gasteiger partial charge in [-0.1, -0.05) is 5.21 Å². The van der Waals surface area contributed by atoms with Gasteiger partial charge in [-0.2, -0.15) is 0 Å². The molecule has 0 bridgehead atoms. The number of piperidine rings is 1. The average Bonchev–Trinajstić information content (AvgIpc) is 3.39. The van der Waals surface area contributed by atoms with Crippen LogP contribution in [-0.4, -0.2) is 65.7 Å². The number of carbonyl (C=O) groups excluding carboxylic acids is 2. The second kappa shape index (κ2) is 9.43. The number of hydrogen-bond acceptors (Lipinski definition) is 6. The van der Waals surface area contributed by atoms with Gasteiger partial charge in [-0.05, 0) is 31.0 Å². The fourth-order valence-corrected chi connectivity index (χ4v) is 4.22. The fraction of sp³-hybridized carbons (Fsp3) is 0.476. The molecule has 11 nitrogen and oxygen atoms in total. The first-order chi connectivity index (χ1) is 15.8. The molecule has 0 radical (unpaired) electrons. The van der Waals surface area contributed by atoms with Crippen LogP contribution in [0, 0.1) is 11.7 Å². The van der Waals surface area contributed by atoms with Gasteiger partial charge in [0.25, 0.3) is 5.69 Å². The van der Waals surface area contributed by atoms with Gasteiger partial charge in [0.2, 0.25) is 12.1 Å². The van der Waals surface area contributed by atoms with Gasteiger partial charge in [0, 0.05) is 31.0 Å². The Morgan fingerprint density at radius 2 is 2.12 bits per heavy atom. The van der Waals surface area contributed by atoms with Crippen LogP contribution in [0.4, 0.5) is 20.6 Å². The number of rotatable bonds is 7. The monoisotopic (exact) mass is 461 g/mol. The van der Waals surface area contributed by atoms with Crippen molar-refractivity contribution >= 4 is 29.3 Å². The van der Waals surface area contributed by atoms with E-state index in [1.165, 1.54) is 28.8 Å². The number of carboxylic acids is 1. The van der Waals surface area contributed by atoms with Crippen molar-refractivity contribution in [1.82, 2.24) is 15.6 Å². The van der Waals surface area contributed by atoms with E-state index in [0.29, 0.717) is 31.0 Å². The lowest BCUT2D eigenvalue weighted by molar-refractivity contribution is -0.761. The zero-order chi connectivity index (χ0) is 23.5. The van der Waals surface area contributed by atoms with E-state index in [1.54, 1.807) is 12.1 Å². The molecule has 2 amide bonds. The molecule has 2 aromatic rings. The van der Waals surface area contributed by atoms with E-state index >= 15 is 0 Å². The van der Waals surface area contributed by atoms with E-state index in [1.807, 2.05) is 4.90 Å².